The molecule has 0 aromatic rings. The highest BCUT2D eigenvalue weighted by molar-refractivity contribution is 14.0. The van der Waals surface area contributed by atoms with Crippen molar-refractivity contribution in [3.05, 3.63) is 12.7 Å². The van der Waals surface area contributed by atoms with Gasteiger partial charge in [-0.25, -0.2) is 0 Å². The van der Waals surface area contributed by atoms with Crippen LogP contribution in [0.2, 0.25) is 0 Å². The molecule has 16 heavy (non-hydrogen) atoms. The van der Waals surface area contributed by atoms with E-state index in [9.17, 15) is 0 Å². The van der Waals surface area contributed by atoms with Crippen molar-refractivity contribution in [1.29, 1.82) is 0 Å². The molecule has 0 radical (unpaired) electrons. The van der Waals surface area contributed by atoms with Gasteiger partial charge in [0.1, 0.15) is 0 Å². The summed E-state index contributed by atoms with van der Waals surface area (Å²) in [6.07, 6.45) is 7.02. The Hall–Kier alpha value is -0.260. The number of hydrogen-bond acceptors (Lipinski definition) is 1. The average molecular weight is 337 g/mol. The van der Waals surface area contributed by atoms with Gasteiger partial charge in [-0.1, -0.05) is 13.0 Å². The third kappa shape index (κ3) is 5.72. The average Bonchev–Trinajstić information content (AvgIpc) is 2.27. The maximum absolute atomic E-state index is 4.19. The molecule has 0 unspecified atom stereocenters. The van der Waals surface area contributed by atoms with E-state index in [1.165, 1.54) is 25.7 Å². The van der Waals surface area contributed by atoms with E-state index in [0.717, 1.165) is 18.4 Å². The number of hydrogen-bond donors (Lipinski definition) is 2. The fourth-order valence-corrected chi connectivity index (χ4v) is 1.96. The van der Waals surface area contributed by atoms with Gasteiger partial charge in [-0.3, -0.25) is 4.99 Å². The topological polar surface area (TPSA) is 36.4 Å². The summed E-state index contributed by atoms with van der Waals surface area (Å²) in [6, 6.07) is 0.595. The first kappa shape index (κ1) is 15.7. The fraction of sp³-hybridized carbons (Fsp3) is 0.750. The summed E-state index contributed by atoms with van der Waals surface area (Å²) in [5.74, 6) is 1.79. The summed E-state index contributed by atoms with van der Waals surface area (Å²) in [5, 5.41) is 6.65. The van der Waals surface area contributed by atoms with Gasteiger partial charge in [0.15, 0.2) is 5.96 Å². The molecular formula is C12H24IN3. The molecule has 0 bridgehead atoms. The van der Waals surface area contributed by atoms with E-state index in [1.54, 1.807) is 0 Å². The molecule has 0 heterocycles. The number of aliphatic imine (C=N–C) groups is 1. The molecule has 0 aromatic heterocycles. The van der Waals surface area contributed by atoms with E-state index in [-0.39, 0.29) is 24.0 Å². The zero-order valence-electron chi connectivity index (χ0n) is 10.3. The lowest BCUT2D eigenvalue weighted by atomic mass is 9.87. The van der Waals surface area contributed by atoms with E-state index < -0.39 is 0 Å². The molecule has 0 amide bonds. The molecule has 1 saturated carbocycles. The van der Waals surface area contributed by atoms with E-state index in [1.807, 2.05) is 13.1 Å². The molecule has 0 aromatic carbocycles. The maximum atomic E-state index is 4.19. The number of nitrogens with one attached hydrogen (secondary N) is 2. The van der Waals surface area contributed by atoms with Crippen molar-refractivity contribution in [1.82, 2.24) is 10.6 Å². The summed E-state index contributed by atoms with van der Waals surface area (Å²) in [5.41, 5.74) is 0. The van der Waals surface area contributed by atoms with E-state index in [2.05, 4.69) is 29.1 Å². The first-order valence-corrected chi connectivity index (χ1v) is 5.84. The summed E-state index contributed by atoms with van der Waals surface area (Å²) in [4.78, 5) is 4.19. The van der Waals surface area contributed by atoms with Crippen LogP contribution in [0.25, 0.3) is 0 Å². The molecule has 0 atom stereocenters. The highest BCUT2D eigenvalue weighted by Gasteiger charge is 2.18. The molecule has 0 aliphatic heterocycles. The van der Waals surface area contributed by atoms with Gasteiger partial charge in [-0.05, 0) is 31.6 Å². The summed E-state index contributed by atoms with van der Waals surface area (Å²) in [6.45, 7) is 6.78. The van der Waals surface area contributed by atoms with E-state index >= 15 is 0 Å². The van der Waals surface area contributed by atoms with Gasteiger partial charge in [0.25, 0.3) is 0 Å². The van der Waals surface area contributed by atoms with Crippen LogP contribution in [0.15, 0.2) is 17.6 Å². The predicted octanol–water partition coefficient (Wildman–Crippen LogP) is 2.53. The molecule has 94 valence electrons. The van der Waals surface area contributed by atoms with Gasteiger partial charge in [-0.15, -0.1) is 30.6 Å². The number of halogens is 1. The highest BCUT2D eigenvalue weighted by Crippen LogP contribution is 2.23. The minimum atomic E-state index is 0. The predicted molar refractivity (Wildman–Crippen MR) is 81.5 cm³/mol. The van der Waals surface area contributed by atoms with Gasteiger partial charge in [0.2, 0.25) is 0 Å². The van der Waals surface area contributed by atoms with Crippen LogP contribution >= 0.6 is 24.0 Å². The van der Waals surface area contributed by atoms with Crippen molar-refractivity contribution < 1.29 is 0 Å². The zero-order chi connectivity index (χ0) is 11.1. The molecule has 1 fully saturated rings. The van der Waals surface area contributed by atoms with Gasteiger partial charge in [0.05, 0.1) is 0 Å². The highest BCUT2D eigenvalue weighted by atomic mass is 127. The minimum absolute atomic E-state index is 0. The Bertz CT molecular complexity index is 220. The smallest absolute Gasteiger partial charge is 0.191 e. The molecule has 1 aliphatic carbocycles. The van der Waals surface area contributed by atoms with Crippen LogP contribution in [0.5, 0.6) is 0 Å². The quantitative estimate of drug-likeness (QED) is 0.359. The number of rotatable bonds is 3. The molecular weight excluding hydrogens is 313 g/mol. The SMILES string of the molecule is C=CCNC(=NC)NC1CCC(C)CC1.I. The largest absolute Gasteiger partial charge is 0.354 e. The van der Waals surface area contributed by atoms with E-state index in [0.29, 0.717) is 6.04 Å². The maximum Gasteiger partial charge on any atom is 0.191 e. The van der Waals surface area contributed by atoms with Crippen molar-refractivity contribution in [2.24, 2.45) is 10.9 Å². The summed E-state index contributed by atoms with van der Waals surface area (Å²) in [7, 11) is 1.81. The van der Waals surface area contributed by atoms with Crippen LogP contribution in [0.4, 0.5) is 0 Å². The molecule has 2 N–H and O–H groups in total. The first-order valence-electron chi connectivity index (χ1n) is 5.84. The van der Waals surface area contributed by atoms with Crippen LogP contribution in [0, 0.1) is 5.92 Å². The monoisotopic (exact) mass is 337 g/mol. The molecule has 1 aliphatic rings. The minimum Gasteiger partial charge on any atom is -0.354 e. The van der Waals surface area contributed by atoms with Crippen LogP contribution in [0.3, 0.4) is 0 Å². The normalized spacial score (nSPS) is 25.5. The number of guanidine groups is 1. The Kier molecular flexibility index (Phi) is 8.70. The Morgan fingerprint density at radius 1 is 1.38 bits per heavy atom. The Morgan fingerprint density at radius 2 is 2.00 bits per heavy atom. The van der Waals surface area contributed by atoms with E-state index in [4.69, 9.17) is 0 Å². The molecule has 0 saturated heterocycles. The fourth-order valence-electron chi connectivity index (χ4n) is 1.96. The van der Waals surface area contributed by atoms with Crippen molar-refractivity contribution in [2.75, 3.05) is 13.6 Å². The zero-order valence-corrected chi connectivity index (χ0v) is 12.7. The first-order chi connectivity index (χ1) is 7.26. The third-order valence-corrected chi connectivity index (χ3v) is 2.99. The Labute approximate surface area is 116 Å². The lowest BCUT2D eigenvalue weighted by Gasteiger charge is -2.28. The lowest BCUT2D eigenvalue weighted by Crippen LogP contribution is -2.44. The summed E-state index contributed by atoms with van der Waals surface area (Å²) >= 11 is 0. The van der Waals surface area contributed by atoms with Crippen LogP contribution in [-0.2, 0) is 0 Å². The molecule has 1 rings (SSSR count). The third-order valence-electron chi connectivity index (χ3n) is 2.99. The number of nitrogens with zero attached hydrogens (tertiary/aromatic N) is 1. The Balaban J connectivity index is 0.00000225. The van der Waals surface area contributed by atoms with Gasteiger partial charge >= 0.3 is 0 Å². The second kappa shape index (κ2) is 8.84. The standard InChI is InChI=1S/C12H23N3.HI/c1-4-9-14-12(13-3)15-11-7-5-10(2)6-8-11;/h4,10-11H,1,5-9H2,2-3H3,(H2,13,14,15);1H. The van der Waals surface area contributed by atoms with Crippen molar-refractivity contribution in [3.63, 3.8) is 0 Å². The molecule has 4 heteroatoms. The van der Waals surface area contributed by atoms with Crippen LogP contribution in [0.1, 0.15) is 32.6 Å². The molecule has 0 spiro atoms. The Morgan fingerprint density at radius 3 is 2.50 bits per heavy atom. The second-order valence-corrected chi connectivity index (χ2v) is 4.34. The second-order valence-electron chi connectivity index (χ2n) is 4.34. The van der Waals surface area contributed by atoms with Crippen molar-refractivity contribution >= 4 is 29.9 Å². The van der Waals surface area contributed by atoms with Crippen LogP contribution in [-0.4, -0.2) is 25.6 Å². The van der Waals surface area contributed by atoms with Gasteiger partial charge < -0.3 is 10.6 Å². The van der Waals surface area contributed by atoms with Crippen molar-refractivity contribution in [2.45, 2.75) is 38.6 Å². The van der Waals surface area contributed by atoms with Gasteiger partial charge in [0, 0.05) is 19.6 Å². The van der Waals surface area contributed by atoms with Gasteiger partial charge in [-0.2, -0.15) is 0 Å². The summed E-state index contributed by atoms with van der Waals surface area (Å²) < 4.78 is 0. The lowest BCUT2D eigenvalue weighted by molar-refractivity contribution is 0.329. The van der Waals surface area contributed by atoms with Crippen molar-refractivity contribution in [3.8, 4) is 0 Å². The van der Waals surface area contributed by atoms with Crippen LogP contribution < -0.4 is 10.6 Å². The molecule has 3 nitrogen and oxygen atoms in total.